The fourth-order valence-electron chi connectivity index (χ4n) is 3.39. The Labute approximate surface area is 170 Å². The highest BCUT2D eigenvalue weighted by Gasteiger charge is 2.16. The predicted octanol–water partition coefficient (Wildman–Crippen LogP) is 3.08. The Bertz CT molecular complexity index is 1110. The summed E-state index contributed by atoms with van der Waals surface area (Å²) < 4.78 is 6.88. The zero-order valence-corrected chi connectivity index (χ0v) is 16.9. The number of hydrogen-bond acceptors (Lipinski definition) is 2. The third-order valence-electron chi connectivity index (χ3n) is 4.81. The highest BCUT2D eigenvalue weighted by molar-refractivity contribution is 7.71. The second-order valence-corrected chi connectivity index (χ2v) is 7.47. The molecule has 4 rings (SSSR count). The van der Waals surface area contributed by atoms with Crippen molar-refractivity contribution < 1.29 is 4.90 Å². The van der Waals surface area contributed by atoms with Crippen molar-refractivity contribution in [3.05, 3.63) is 89.6 Å². The van der Waals surface area contributed by atoms with Crippen LogP contribution < -0.4 is 4.90 Å². The molecule has 2 heterocycles. The average Bonchev–Trinajstić information content (AvgIpc) is 3.28. The number of imidazole rings is 1. The number of nitrogens with one attached hydrogen (secondary N) is 1. The fraction of sp³-hybridized carbons (Fsp3) is 0.182. The molecule has 0 saturated carbocycles. The van der Waals surface area contributed by atoms with Crippen molar-refractivity contribution in [2.75, 3.05) is 7.05 Å². The Morgan fingerprint density at radius 1 is 0.964 bits per heavy atom. The van der Waals surface area contributed by atoms with E-state index in [0.717, 1.165) is 34.9 Å². The third-order valence-corrected chi connectivity index (χ3v) is 5.33. The van der Waals surface area contributed by atoms with Gasteiger partial charge in [0, 0.05) is 31.2 Å². The predicted molar refractivity (Wildman–Crippen MR) is 114 cm³/mol. The number of para-hydroxylation sites is 1. The standard InChI is InChI=1S/C22H23N5S/c1-24(17-26-14-13-25(2)22(26)28)15-19-16-27(20-11-7-4-8-12-20)23-21(19)18-9-5-3-6-10-18/h3-14,16H,15,17H2,1-2H3/p+1. The molecule has 5 nitrogen and oxygen atoms in total. The molecule has 0 aliphatic rings. The largest absolute Gasteiger partial charge is 0.327 e. The summed E-state index contributed by atoms with van der Waals surface area (Å²) in [7, 11) is 4.16. The van der Waals surface area contributed by atoms with E-state index in [-0.39, 0.29) is 0 Å². The van der Waals surface area contributed by atoms with Crippen molar-refractivity contribution in [2.45, 2.75) is 13.2 Å². The maximum Gasteiger partial charge on any atom is 0.183 e. The van der Waals surface area contributed by atoms with E-state index in [2.05, 4.69) is 54.2 Å². The van der Waals surface area contributed by atoms with Gasteiger partial charge in [0.2, 0.25) is 0 Å². The lowest BCUT2D eigenvalue weighted by atomic mass is 10.1. The van der Waals surface area contributed by atoms with Crippen LogP contribution in [-0.4, -0.2) is 26.0 Å². The van der Waals surface area contributed by atoms with E-state index >= 15 is 0 Å². The maximum absolute atomic E-state index is 5.48. The molecule has 0 spiro atoms. The smallest absolute Gasteiger partial charge is 0.183 e. The van der Waals surface area contributed by atoms with Crippen molar-refractivity contribution in [1.29, 1.82) is 0 Å². The maximum atomic E-state index is 5.48. The number of aryl methyl sites for hydroxylation is 1. The van der Waals surface area contributed by atoms with Gasteiger partial charge in [0.25, 0.3) is 0 Å². The van der Waals surface area contributed by atoms with E-state index in [1.165, 1.54) is 10.5 Å². The average molecular weight is 391 g/mol. The molecule has 4 aromatic rings. The molecule has 0 radical (unpaired) electrons. The van der Waals surface area contributed by atoms with Gasteiger partial charge in [0.05, 0.1) is 18.3 Å². The van der Waals surface area contributed by atoms with Crippen LogP contribution in [0.3, 0.4) is 0 Å². The van der Waals surface area contributed by atoms with E-state index in [0.29, 0.717) is 0 Å². The van der Waals surface area contributed by atoms with Crippen molar-refractivity contribution in [3.8, 4) is 16.9 Å². The van der Waals surface area contributed by atoms with E-state index in [1.807, 2.05) is 53.0 Å². The Morgan fingerprint density at radius 2 is 1.64 bits per heavy atom. The van der Waals surface area contributed by atoms with Crippen molar-refractivity contribution >= 4 is 12.2 Å². The topological polar surface area (TPSA) is 32.1 Å². The second-order valence-electron chi connectivity index (χ2n) is 7.10. The molecule has 1 unspecified atom stereocenters. The molecule has 0 amide bonds. The summed E-state index contributed by atoms with van der Waals surface area (Å²) in [6.07, 6.45) is 6.18. The molecular formula is C22H24N5S+. The molecule has 0 aliphatic carbocycles. The Kier molecular flexibility index (Phi) is 5.23. The van der Waals surface area contributed by atoms with Gasteiger partial charge in [-0.15, -0.1) is 0 Å². The molecule has 28 heavy (non-hydrogen) atoms. The first kappa shape index (κ1) is 18.4. The SMILES string of the molecule is Cn1ccn(C[NH+](C)Cc2cn(-c3ccccc3)nc2-c2ccccc2)c1=S. The third kappa shape index (κ3) is 3.83. The molecule has 0 saturated heterocycles. The number of rotatable bonds is 6. The lowest BCUT2D eigenvalue weighted by Crippen LogP contribution is -3.06. The van der Waals surface area contributed by atoms with Gasteiger partial charge in [-0.3, -0.25) is 4.57 Å². The van der Waals surface area contributed by atoms with Gasteiger partial charge in [-0.2, -0.15) is 5.10 Å². The van der Waals surface area contributed by atoms with Crippen LogP contribution in [0.2, 0.25) is 0 Å². The van der Waals surface area contributed by atoms with Crippen LogP contribution in [0, 0.1) is 4.77 Å². The molecule has 0 bridgehead atoms. The Morgan fingerprint density at radius 3 is 2.29 bits per heavy atom. The summed E-state index contributed by atoms with van der Waals surface area (Å²) in [5.41, 5.74) is 4.45. The van der Waals surface area contributed by atoms with Crippen LogP contribution in [0.25, 0.3) is 16.9 Å². The quantitative estimate of drug-likeness (QED) is 0.513. The monoisotopic (exact) mass is 390 g/mol. The molecule has 0 fully saturated rings. The molecule has 6 heteroatoms. The highest BCUT2D eigenvalue weighted by atomic mass is 32.1. The zero-order valence-electron chi connectivity index (χ0n) is 16.1. The molecule has 0 aliphatic heterocycles. The van der Waals surface area contributed by atoms with E-state index in [1.54, 1.807) is 0 Å². The first-order chi connectivity index (χ1) is 13.6. The van der Waals surface area contributed by atoms with Crippen molar-refractivity contribution in [1.82, 2.24) is 18.9 Å². The van der Waals surface area contributed by atoms with Crippen LogP contribution in [0.5, 0.6) is 0 Å². The van der Waals surface area contributed by atoms with Crippen molar-refractivity contribution in [3.63, 3.8) is 0 Å². The van der Waals surface area contributed by atoms with Gasteiger partial charge < -0.3 is 9.47 Å². The minimum absolute atomic E-state index is 0.810. The fourth-order valence-corrected chi connectivity index (χ4v) is 3.58. The Balaban J connectivity index is 1.65. The summed E-state index contributed by atoms with van der Waals surface area (Å²) in [5.74, 6) is 0. The molecule has 142 valence electrons. The lowest BCUT2D eigenvalue weighted by Gasteiger charge is -2.14. The number of hydrogen-bond donors (Lipinski definition) is 1. The molecule has 2 aromatic carbocycles. The molecule has 1 N–H and O–H groups in total. The van der Waals surface area contributed by atoms with E-state index in [4.69, 9.17) is 17.3 Å². The van der Waals surface area contributed by atoms with E-state index < -0.39 is 0 Å². The van der Waals surface area contributed by atoms with Gasteiger partial charge in [0.1, 0.15) is 12.2 Å². The number of nitrogens with zero attached hydrogens (tertiary/aromatic N) is 4. The summed E-state index contributed by atoms with van der Waals surface area (Å²) in [5, 5.41) is 4.90. The number of aromatic nitrogens is 4. The van der Waals surface area contributed by atoms with Crippen LogP contribution in [0.4, 0.5) is 0 Å². The lowest BCUT2D eigenvalue weighted by molar-refractivity contribution is -0.916. The first-order valence-corrected chi connectivity index (χ1v) is 9.75. The summed E-state index contributed by atoms with van der Waals surface area (Å²) in [4.78, 5) is 1.34. The number of benzene rings is 2. The zero-order chi connectivity index (χ0) is 19.5. The van der Waals surface area contributed by atoms with Crippen molar-refractivity contribution in [2.24, 2.45) is 7.05 Å². The van der Waals surface area contributed by atoms with Gasteiger partial charge in [-0.05, 0) is 24.4 Å². The Hall–Kier alpha value is -2.96. The number of quaternary nitrogens is 1. The van der Waals surface area contributed by atoms with Crippen LogP contribution in [0.1, 0.15) is 5.56 Å². The minimum Gasteiger partial charge on any atom is -0.327 e. The summed E-state index contributed by atoms with van der Waals surface area (Å²) >= 11 is 5.48. The molecular weight excluding hydrogens is 366 g/mol. The van der Waals surface area contributed by atoms with Gasteiger partial charge in [0.15, 0.2) is 11.4 Å². The van der Waals surface area contributed by atoms with Crippen LogP contribution >= 0.6 is 12.2 Å². The second kappa shape index (κ2) is 7.96. The minimum atomic E-state index is 0.810. The van der Waals surface area contributed by atoms with Gasteiger partial charge in [-0.25, -0.2) is 4.68 Å². The highest BCUT2D eigenvalue weighted by Crippen LogP contribution is 2.23. The van der Waals surface area contributed by atoms with Crippen LogP contribution in [-0.2, 0) is 20.3 Å². The molecule has 1 atom stereocenters. The summed E-state index contributed by atoms with van der Waals surface area (Å²) in [6.45, 7) is 1.66. The summed E-state index contributed by atoms with van der Waals surface area (Å²) in [6, 6.07) is 20.6. The normalized spacial score (nSPS) is 12.2. The van der Waals surface area contributed by atoms with Crippen LogP contribution in [0.15, 0.2) is 79.3 Å². The first-order valence-electron chi connectivity index (χ1n) is 9.34. The van der Waals surface area contributed by atoms with E-state index in [9.17, 15) is 0 Å². The molecule has 2 aromatic heterocycles. The van der Waals surface area contributed by atoms with Gasteiger partial charge >= 0.3 is 0 Å². The van der Waals surface area contributed by atoms with Gasteiger partial charge in [-0.1, -0.05) is 48.5 Å².